The summed E-state index contributed by atoms with van der Waals surface area (Å²) in [5, 5.41) is 3.17. The molecule has 0 aliphatic carbocycles. The van der Waals surface area contributed by atoms with E-state index in [-0.39, 0.29) is 0 Å². The molecule has 0 atom stereocenters. The van der Waals surface area contributed by atoms with E-state index < -0.39 is 6.04 Å². The first-order valence-corrected chi connectivity index (χ1v) is 13.9. The Morgan fingerprint density at radius 3 is 1.76 bits per heavy atom. The van der Waals surface area contributed by atoms with Gasteiger partial charge >= 0.3 is 0 Å². The van der Waals surface area contributed by atoms with Crippen LogP contribution in [0.15, 0.2) is 109 Å². The van der Waals surface area contributed by atoms with Crippen molar-refractivity contribution in [1.29, 1.82) is 0 Å². The number of pyridine rings is 1. The summed E-state index contributed by atoms with van der Waals surface area (Å²) in [6.07, 6.45) is 3.67. The fourth-order valence-electron chi connectivity index (χ4n) is 4.84. The number of hydrogen-bond donors (Lipinski definition) is 0. The van der Waals surface area contributed by atoms with E-state index in [2.05, 4.69) is 59.6 Å². The van der Waals surface area contributed by atoms with Crippen LogP contribution in [0.3, 0.4) is 0 Å². The lowest BCUT2D eigenvalue weighted by Gasteiger charge is -2.37. The van der Waals surface area contributed by atoms with E-state index in [0.29, 0.717) is 0 Å². The van der Waals surface area contributed by atoms with Crippen molar-refractivity contribution in [1.82, 2.24) is 4.98 Å². The highest BCUT2D eigenvalue weighted by Gasteiger charge is 2.42. The van der Waals surface area contributed by atoms with Crippen molar-refractivity contribution < 1.29 is 9.47 Å². The number of hydrogen-bond acceptors (Lipinski definition) is 4. The Morgan fingerprint density at radius 1 is 0.559 bits per heavy atom. The predicted molar refractivity (Wildman–Crippen MR) is 141 cm³/mol. The molecule has 5 aromatic rings. The SMILES string of the molecule is S=P12c3ccccc3Oc3cc(-c4cccc(-c5cccnc5)c4)cc(c31)Oc1ccccc12. The quantitative estimate of drug-likeness (QED) is 0.272. The lowest BCUT2D eigenvalue weighted by atomic mass is 9.99. The monoisotopic (exact) mass is 475 g/mol. The highest BCUT2D eigenvalue weighted by Crippen LogP contribution is 2.59. The molecule has 2 aliphatic rings. The molecular weight excluding hydrogens is 457 g/mol. The fraction of sp³-hybridized carbons (Fsp3) is 0. The maximum Gasteiger partial charge on any atom is 0.140 e. The largest absolute Gasteiger partial charge is 0.456 e. The maximum atomic E-state index is 6.55. The molecule has 3 heterocycles. The molecule has 0 fully saturated rings. The van der Waals surface area contributed by atoms with Gasteiger partial charge in [0, 0.05) is 28.6 Å². The van der Waals surface area contributed by atoms with E-state index in [4.69, 9.17) is 21.3 Å². The Hall–Kier alpha value is -3.72. The summed E-state index contributed by atoms with van der Waals surface area (Å²) in [7, 11) is 0. The molecule has 162 valence electrons. The summed E-state index contributed by atoms with van der Waals surface area (Å²) >= 11 is 6.55. The van der Waals surface area contributed by atoms with Gasteiger partial charge in [0.1, 0.15) is 23.0 Å². The Morgan fingerprint density at radius 2 is 1.15 bits per heavy atom. The van der Waals surface area contributed by atoms with Crippen molar-refractivity contribution in [3.05, 3.63) is 109 Å². The summed E-state index contributed by atoms with van der Waals surface area (Å²) in [4.78, 5) is 4.27. The van der Waals surface area contributed by atoms with Gasteiger partial charge in [-0.3, -0.25) is 4.98 Å². The topological polar surface area (TPSA) is 31.4 Å². The molecule has 5 heteroatoms. The predicted octanol–water partition coefficient (Wildman–Crippen LogP) is 6.38. The first-order chi connectivity index (χ1) is 16.7. The Kier molecular flexibility index (Phi) is 4.29. The van der Waals surface area contributed by atoms with E-state index in [1.54, 1.807) is 6.20 Å². The first kappa shape index (κ1) is 19.7. The van der Waals surface area contributed by atoms with Crippen LogP contribution >= 0.6 is 6.04 Å². The fourth-order valence-corrected chi connectivity index (χ4v) is 9.32. The molecule has 7 rings (SSSR count). The van der Waals surface area contributed by atoms with Crippen molar-refractivity contribution in [2.75, 3.05) is 0 Å². The number of aromatic nitrogens is 1. The van der Waals surface area contributed by atoms with Crippen molar-refractivity contribution in [2.45, 2.75) is 0 Å². The molecule has 0 unspecified atom stereocenters. The van der Waals surface area contributed by atoms with Crippen LogP contribution in [0.2, 0.25) is 0 Å². The van der Waals surface area contributed by atoms with Gasteiger partial charge in [-0.15, -0.1) is 0 Å². The van der Waals surface area contributed by atoms with Crippen LogP contribution in [0.1, 0.15) is 0 Å². The molecule has 0 saturated carbocycles. The first-order valence-electron chi connectivity index (χ1n) is 11.1. The number of benzene rings is 4. The number of para-hydroxylation sites is 2. The lowest BCUT2D eigenvalue weighted by molar-refractivity contribution is 0.467. The average molecular weight is 476 g/mol. The minimum atomic E-state index is -2.31. The highest BCUT2D eigenvalue weighted by atomic mass is 32.4. The van der Waals surface area contributed by atoms with Crippen molar-refractivity contribution in [3.63, 3.8) is 0 Å². The lowest BCUT2D eigenvalue weighted by Crippen LogP contribution is -2.34. The van der Waals surface area contributed by atoms with Crippen molar-refractivity contribution in [2.24, 2.45) is 0 Å². The summed E-state index contributed by atoms with van der Waals surface area (Å²) in [6, 6.07) is 30.7. The molecular formula is C29H18NO2PS. The van der Waals surface area contributed by atoms with Gasteiger partial charge in [-0.25, -0.2) is 0 Å². The molecule has 2 aliphatic heterocycles. The summed E-state index contributed by atoms with van der Waals surface area (Å²) in [6.45, 7) is 0. The minimum Gasteiger partial charge on any atom is -0.456 e. The molecule has 1 aromatic heterocycles. The number of rotatable bonds is 2. The highest BCUT2D eigenvalue weighted by molar-refractivity contribution is 8.26. The van der Waals surface area contributed by atoms with Crippen LogP contribution in [0.5, 0.6) is 23.0 Å². The number of fused-ring (bicyclic) bond motifs is 4. The Balaban J connectivity index is 1.46. The molecule has 0 radical (unpaired) electrons. The van der Waals surface area contributed by atoms with Crippen LogP contribution < -0.4 is 25.4 Å². The van der Waals surface area contributed by atoms with E-state index in [0.717, 1.165) is 61.2 Å². The maximum absolute atomic E-state index is 6.55. The van der Waals surface area contributed by atoms with Gasteiger partial charge in [-0.1, -0.05) is 60.3 Å². The van der Waals surface area contributed by atoms with Gasteiger partial charge < -0.3 is 9.47 Å². The van der Waals surface area contributed by atoms with Crippen molar-refractivity contribution in [3.8, 4) is 45.3 Å². The molecule has 4 aromatic carbocycles. The second-order valence-electron chi connectivity index (χ2n) is 8.39. The molecule has 0 amide bonds. The van der Waals surface area contributed by atoms with Gasteiger partial charge in [0.05, 0.1) is 11.3 Å². The van der Waals surface area contributed by atoms with Crippen LogP contribution in [0, 0.1) is 0 Å². The van der Waals surface area contributed by atoms with E-state index in [1.807, 2.05) is 48.7 Å². The third kappa shape index (κ3) is 2.83. The zero-order valence-electron chi connectivity index (χ0n) is 18.0. The van der Waals surface area contributed by atoms with Crippen molar-refractivity contribution >= 4 is 33.8 Å². The molecule has 0 saturated heterocycles. The Labute approximate surface area is 202 Å². The molecule has 3 nitrogen and oxygen atoms in total. The summed E-state index contributed by atoms with van der Waals surface area (Å²) in [5.41, 5.74) is 4.30. The number of ether oxygens (including phenoxy) is 2. The summed E-state index contributed by atoms with van der Waals surface area (Å²) in [5.74, 6) is 3.25. The Bertz CT molecular complexity index is 1570. The molecule has 0 bridgehead atoms. The van der Waals surface area contributed by atoms with Gasteiger partial charge in [-0.2, -0.15) is 0 Å². The normalized spacial score (nSPS) is 14.1. The van der Waals surface area contributed by atoms with E-state index in [1.165, 1.54) is 0 Å². The number of nitrogens with zero attached hydrogens (tertiary/aromatic N) is 1. The van der Waals surface area contributed by atoms with Gasteiger partial charge in [0.15, 0.2) is 0 Å². The molecule has 0 spiro atoms. The van der Waals surface area contributed by atoms with Crippen LogP contribution in [-0.2, 0) is 11.8 Å². The third-order valence-electron chi connectivity index (χ3n) is 6.39. The minimum absolute atomic E-state index is 0.788. The zero-order chi connectivity index (χ0) is 22.7. The second-order valence-corrected chi connectivity index (χ2v) is 12.7. The molecule has 0 N–H and O–H groups in total. The standard InChI is InChI=1S/C29H18NO2PS/c34-33-27-12-3-1-10-23(27)31-25-16-22(17-26(29(25)33)32-24-11-2-4-13-28(24)33)20-8-5-7-19(15-20)21-9-6-14-30-18-21/h1-18H. The third-order valence-corrected chi connectivity index (χ3v) is 11.3. The zero-order valence-corrected chi connectivity index (χ0v) is 19.7. The van der Waals surface area contributed by atoms with Crippen LogP contribution in [-0.4, -0.2) is 4.98 Å². The van der Waals surface area contributed by atoms with Crippen LogP contribution in [0.25, 0.3) is 22.3 Å². The smallest absolute Gasteiger partial charge is 0.140 e. The summed E-state index contributed by atoms with van der Waals surface area (Å²) < 4.78 is 12.9. The van der Waals surface area contributed by atoms with Gasteiger partial charge in [0.25, 0.3) is 0 Å². The van der Waals surface area contributed by atoms with E-state index >= 15 is 0 Å². The second kappa shape index (κ2) is 7.39. The average Bonchev–Trinajstić information content (AvgIpc) is 2.89. The molecule has 34 heavy (non-hydrogen) atoms. The van der Waals surface area contributed by atoms with Crippen LogP contribution in [0.4, 0.5) is 0 Å². The van der Waals surface area contributed by atoms with Gasteiger partial charge in [-0.05, 0) is 65.2 Å². The van der Waals surface area contributed by atoms with Gasteiger partial charge in [0.2, 0.25) is 0 Å². The van der Waals surface area contributed by atoms with E-state index in [9.17, 15) is 0 Å².